The molecule has 0 aliphatic carbocycles. The van der Waals surface area contributed by atoms with Gasteiger partial charge in [-0.15, -0.1) is 0 Å². The van der Waals surface area contributed by atoms with E-state index < -0.39 is 28.5 Å². The minimum atomic E-state index is -4.23. The number of benzene rings is 4. The monoisotopic (exact) mass is 627 g/mol. The second-order valence-corrected chi connectivity index (χ2v) is 12.6. The summed E-state index contributed by atoms with van der Waals surface area (Å²) in [5.74, 6) is -0.503. The molecule has 2 amide bonds. The quantitative estimate of drug-likeness (QED) is 0.194. The topological polar surface area (TPSA) is 96.0 Å². The normalized spacial score (nSPS) is 11.8. The van der Waals surface area contributed by atoms with Crippen molar-refractivity contribution in [3.8, 4) is 5.75 Å². The van der Waals surface area contributed by atoms with Crippen LogP contribution in [0.2, 0.25) is 0 Å². The van der Waals surface area contributed by atoms with Crippen LogP contribution in [0.15, 0.2) is 108 Å². The molecule has 0 saturated carbocycles. The van der Waals surface area contributed by atoms with Crippen molar-refractivity contribution in [1.82, 2.24) is 10.2 Å². The number of hydrogen-bond acceptors (Lipinski definition) is 5. The van der Waals surface area contributed by atoms with Crippen molar-refractivity contribution in [1.29, 1.82) is 0 Å². The van der Waals surface area contributed by atoms with E-state index in [1.54, 1.807) is 36.4 Å². The Kier molecular flexibility index (Phi) is 11.4. The van der Waals surface area contributed by atoms with Crippen LogP contribution < -0.4 is 14.4 Å². The maximum absolute atomic E-state index is 14.6. The first kappa shape index (κ1) is 33.3. The van der Waals surface area contributed by atoms with Crippen LogP contribution in [0.25, 0.3) is 0 Å². The Balaban J connectivity index is 1.84. The first-order valence-electron chi connectivity index (χ1n) is 15.1. The van der Waals surface area contributed by atoms with Gasteiger partial charge in [0.25, 0.3) is 10.0 Å². The van der Waals surface area contributed by atoms with Crippen LogP contribution in [-0.4, -0.2) is 50.9 Å². The van der Waals surface area contributed by atoms with Gasteiger partial charge in [-0.05, 0) is 68.7 Å². The zero-order valence-corrected chi connectivity index (χ0v) is 27.1. The fraction of sp³-hybridized carbons (Fsp3) is 0.278. The zero-order chi connectivity index (χ0) is 32.4. The Labute approximate surface area is 266 Å². The summed E-state index contributed by atoms with van der Waals surface area (Å²) in [5, 5.41) is 2.89. The Hall–Kier alpha value is -4.63. The second-order valence-electron chi connectivity index (χ2n) is 10.8. The summed E-state index contributed by atoms with van der Waals surface area (Å²) >= 11 is 0. The van der Waals surface area contributed by atoms with Crippen molar-refractivity contribution in [3.63, 3.8) is 0 Å². The van der Waals surface area contributed by atoms with Gasteiger partial charge in [0.05, 0.1) is 17.2 Å². The SMILES string of the molecule is CCNC(=O)C(Cc1ccccc1)N(Cc1ccccc1C)C(=O)CN(c1ccccc1OCC)S(=O)(=O)c1ccc(C)cc1. The largest absolute Gasteiger partial charge is 0.492 e. The van der Waals surface area contributed by atoms with Crippen LogP contribution in [0.1, 0.15) is 36.1 Å². The van der Waals surface area contributed by atoms with Crippen LogP contribution in [0.3, 0.4) is 0 Å². The van der Waals surface area contributed by atoms with E-state index in [1.165, 1.54) is 17.0 Å². The average Bonchev–Trinajstić information content (AvgIpc) is 3.03. The highest BCUT2D eigenvalue weighted by atomic mass is 32.2. The summed E-state index contributed by atoms with van der Waals surface area (Å²) in [7, 11) is -4.23. The lowest BCUT2D eigenvalue weighted by Crippen LogP contribution is -2.53. The molecule has 4 aromatic rings. The Morgan fingerprint density at radius 1 is 0.822 bits per heavy atom. The lowest BCUT2D eigenvalue weighted by molar-refractivity contribution is -0.140. The molecule has 1 N–H and O–H groups in total. The number of hydrogen-bond donors (Lipinski definition) is 1. The van der Waals surface area contributed by atoms with Gasteiger partial charge < -0.3 is 15.0 Å². The van der Waals surface area contributed by atoms with Crippen molar-refractivity contribution in [3.05, 3.63) is 125 Å². The van der Waals surface area contributed by atoms with Crippen LogP contribution >= 0.6 is 0 Å². The zero-order valence-electron chi connectivity index (χ0n) is 26.3. The number of nitrogens with zero attached hydrogens (tertiary/aromatic N) is 2. The van der Waals surface area contributed by atoms with E-state index in [0.29, 0.717) is 18.9 Å². The third-order valence-corrected chi connectivity index (χ3v) is 9.32. The van der Waals surface area contributed by atoms with E-state index in [2.05, 4.69) is 5.32 Å². The molecule has 0 aliphatic rings. The van der Waals surface area contributed by atoms with E-state index in [0.717, 1.165) is 26.6 Å². The summed E-state index contributed by atoms with van der Waals surface area (Å²) in [5.41, 5.74) is 3.83. The molecule has 0 radical (unpaired) electrons. The molecule has 0 bridgehead atoms. The lowest BCUT2D eigenvalue weighted by atomic mass is 10.0. The van der Waals surface area contributed by atoms with E-state index >= 15 is 0 Å². The highest BCUT2D eigenvalue weighted by molar-refractivity contribution is 7.92. The highest BCUT2D eigenvalue weighted by Gasteiger charge is 2.35. The van der Waals surface area contributed by atoms with Crippen LogP contribution in [-0.2, 0) is 32.6 Å². The molecule has 0 aliphatic heterocycles. The Morgan fingerprint density at radius 2 is 1.47 bits per heavy atom. The molecule has 0 aromatic heterocycles. The predicted octanol–water partition coefficient (Wildman–Crippen LogP) is 5.67. The standard InChI is InChI=1S/C36H41N3O5S/c1-5-37-36(41)33(24-29-15-8-7-9-16-29)38(25-30-17-11-10-14-28(30)4)35(40)26-39(32-18-12-13-19-34(32)44-6-2)45(42,43)31-22-20-27(3)21-23-31/h7-23,33H,5-6,24-26H2,1-4H3,(H,37,41). The van der Waals surface area contributed by atoms with Gasteiger partial charge in [0.1, 0.15) is 18.3 Å². The number of carbonyl (C=O) groups excluding carboxylic acids is 2. The van der Waals surface area contributed by atoms with Gasteiger partial charge >= 0.3 is 0 Å². The number of aryl methyl sites for hydroxylation is 2. The first-order chi connectivity index (χ1) is 21.6. The minimum Gasteiger partial charge on any atom is -0.492 e. The van der Waals surface area contributed by atoms with Gasteiger partial charge in [0, 0.05) is 19.5 Å². The molecule has 1 atom stereocenters. The fourth-order valence-corrected chi connectivity index (χ4v) is 6.53. The summed E-state index contributed by atoms with van der Waals surface area (Å²) in [6.45, 7) is 7.72. The third-order valence-electron chi connectivity index (χ3n) is 7.55. The summed E-state index contributed by atoms with van der Waals surface area (Å²) < 4.78 is 35.5. The Bertz CT molecular complexity index is 1690. The van der Waals surface area contributed by atoms with Crippen molar-refractivity contribution >= 4 is 27.5 Å². The molecule has 236 valence electrons. The molecule has 0 heterocycles. The van der Waals surface area contributed by atoms with Gasteiger partial charge in [0.2, 0.25) is 11.8 Å². The first-order valence-corrected chi connectivity index (χ1v) is 16.6. The maximum atomic E-state index is 14.6. The molecule has 45 heavy (non-hydrogen) atoms. The lowest BCUT2D eigenvalue weighted by Gasteiger charge is -2.34. The molecular formula is C36H41N3O5S. The summed E-state index contributed by atoms with van der Waals surface area (Å²) in [4.78, 5) is 29.8. The molecule has 4 rings (SSSR count). The van der Waals surface area contributed by atoms with Crippen molar-refractivity contribution in [2.45, 2.75) is 51.6 Å². The van der Waals surface area contributed by atoms with Gasteiger partial charge in [-0.2, -0.15) is 0 Å². The van der Waals surface area contributed by atoms with Crippen LogP contribution in [0.5, 0.6) is 5.75 Å². The van der Waals surface area contributed by atoms with Gasteiger partial charge in [-0.25, -0.2) is 8.42 Å². The number of rotatable bonds is 14. The van der Waals surface area contributed by atoms with Gasteiger partial charge in [-0.1, -0.05) is 84.4 Å². The molecule has 4 aromatic carbocycles. The van der Waals surface area contributed by atoms with Crippen LogP contribution in [0.4, 0.5) is 5.69 Å². The van der Waals surface area contributed by atoms with E-state index in [9.17, 15) is 18.0 Å². The average molecular weight is 628 g/mol. The van der Waals surface area contributed by atoms with Gasteiger partial charge in [0.15, 0.2) is 0 Å². The van der Waals surface area contributed by atoms with Crippen molar-refractivity contribution in [2.75, 3.05) is 24.0 Å². The molecule has 1 unspecified atom stereocenters. The summed E-state index contributed by atoms with van der Waals surface area (Å²) in [6.07, 6.45) is 0.255. The Morgan fingerprint density at radius 3 is 2.13 bits per heavy atom. The number of amides is 2. The predicted molar refractivity (Wildman–Crippen MR) is 178 cm³/mol. The highest BCUT2D eigenvalue weighted by Crippen LogP contribution is 2.33. The van der Waals surface area contributed by atoms with Crippen LogP contribution in [0, 0.1) is 13.8 Å². The molecule has 0 saturated heterocycles. The molecule has 9 heteroatoms. The van der Waals surface area contributed by atoms with E-state index in [4.69, 9.17) is 4.74 Å². The van der Waals surface area contributed by atoms with E-state index in [1.807, 2.05) is 82.3 Å². The molecule has 0 spiro atoms. The number of nitrogens with one attached hydrogen (secondary N) is 1. The minimum absolute atomic E-state index is 0.0437. The molecule has 8 nitrogen and oxygen atoms in total. The van der Waals surface area contributed by atoms with Crippen molar-refractivity contribution < 1.29 is 22.7 Å². The smallest absolute Gasteiger partial charge is 0.264 e. The molecule has 0 fully saturated rings. The summed E-state index contributed by atoms with van der Waals surface area (Å²) in [6, 6.07) is 29.5. The molecular weight excluding hydrogens is 586 g/mol. The number of ether oxygens (including phenoxy) is 1. The van der Waals surface area contributed by atoms with Crippen molar-refractivity contribution in [2.24, 2.45) is 0 Å². The van der Waals surface area contributed by atoms with E-state index in [-0.39, 0.29) is 29.5 Å². The third kappa shape index (κ3) is 8.30. The van der Waals surface area contributed by atoms with Gasteiger partial charge in [-0.3, -0.25) is 13.9 Å². The number of likely N-dealkylation sites (N-methyl/N-ethyl adjacent to an activating group) is 1. The number of anilines is 1. The number of carbonyl (C=O) groups is 2. The maximum Gasteiger partial charge on any atom is 0.264 e. The number of sulfonamides is 1. The second kappa shape index (κ2) is 15.4. The number of para-hydroxylation sites is 2. The fourth-order valence-electron chi connectivity index (χ4n) is 5.11.